The van der Waals surface area contributed by atoms with Crippen molar-refractivity contribution in [3.05, 3.63) is 23.7 Å². The number of aliphatic hydroxyl groups is 1. The van der Waals surface area contributed by atoms with Gasteiger partial charge in [-0.25, -0.2) is 9.67 Å². The Morgan fingerprint density at radius 2 is 2.17 bits per heavy atom. The molecule has 0 amide bonds. The number of nitrogens with zero attached hydrogens (tertiary/aromatic N) is 6. The summed E-state index contributed by atoms with van der Waals surface area (Å²) >= 11 is 0. The van der Waals surface area contributed by atoms with E-state index in [4.69, 9.17) is 10.1 Å². The molecule has 1 aliphatic rings. The number of aryl methyl sites for hydroxylation is 3. The molecule has 1 saturated carbocycles. The van der Waals surface area contributed by atoms with Crippen LogP contribution in [-0.4, -0.2) is 46.5 Å². The molecule has 4 rings (SSSR count). The molecule has 3 aromatic rings. The molecule has 1 fully saturated rings. The van der Waals surface area contributed by atoms with Gasteiger partial charge in [0.2, 0.25) is 0 Å². The van der Waals surface area contributed by atoms with Gasteiger partial charge in [0.05, 0.1) is 17.5 Å². The third-order valence-corrected chi connectivity index (χ3v) is 4.39. The summed E-state index contributed by atoms with van der Waals surface area (Å²) in [5.74, 6) is 2.01. The zero-order chi connectivity index (χ0) is 16.7. The molecule has 3 aromatic heterocycles. The smallest absolute Gasteiger partial charge is 0.185 e. The summed E-state index contributed by atoms with van der Waals surface area (Å²) < 4.78 is 3.73. The number of nitrogens with one attached hydrogen (secondary N) is 1. The van der Waals surface area contributed by atoms with E-state index >= 15 is 0 Å². The highest BCUT2D eigenvalue weighted by atomic mass is 16.3. The van der Waals surface area contributed by atoms with Crippen molar-refractivity contribution in [1.82, 2.24) is 34.7 Å². The maximum atomic E-state index is 9.17. The van der Waals surface area contributed by atoms with Crippen molar-refractivity contribution in [3.8, 4) is 22.9 Å². The Morgan fingerprint density at radius 1 is 1.33 bits per heavy atom. The van der Waals surface area contributed by atoms with E-state index in [0.29, 0.717) is 24.7 Å². The summed E-state index contributed by atoms with van der Waals surface area (Å²) in [6, 6.07) is 2.11. The lowest BCUT2D eigenvalue weighted by molar-refractivity contribution is 0.277. The standard InChI is InChI=1S/C16H21N7O/c1-10-12(9-17-19-10)15-18-16(23(21-15)6-3-7-24)14-8-13(11-4-5-11)20-22(14)2/h8-9,11,24H,3-7H2,1-2H3,(H,17,19). The van der Waals surface area contributed by atoms with Gasteiger partial charge in [0.25, 0.3) is 0 Å². The summed E-state index contributed by atoms with van der Waals surface area (Å²) in [5.41, 5.74) is 3.91. The molecule has 0 spiro atoms. The molecule has 0 radical (unpaired) electrons. The van der Waals surface area contributed by atoms with Gasteiger partial charge < -0.3 is 5.11 Å². The number of hydrogen-bond donors (Lipinski definition) is 2. The van der Waals surface area contributed by atoms with Crippen molar-refractivity contribution >= 4 is 0 Å². The van der Waals surface area contributed by atoms with E-state index < -0.39 is 0 Å². The van der Waals surface area contributed by atoms with Gasteiger partial charge in [0, 0.05) is 31.8 Å². The molecular weight excluding hydrogens is 306 g/mol. The topological polar surface area (TPSA) is 97.4 Å². The third-order valence-electron chi connectivity index (χ3n) is 4.39. The summed E-state index contributed by atoms with van der Waals surface area (Å²) in [5, 5.41) is 25.4. The molecule has 0 aliphatic heterocycles. The highest BCUT2D eigenvalue weighted by molar-refractivity contribution is 5.61. The van der Waals surface area contributed by atoms with Crippen LogP contribution < -0.4 is 0 Å². The predicted molar refractivity (Wildman–Crippen MR) is 88.2 cm³/mol. The van der Waals surface area contributed by atoms with Crippen LogP contribution in [0.25, 0.3) is 22.9 Å². The molecule has 1 aliphatic carbocycles. The van der Waals surface area contributed by atoms with Crippen LogP contribution in [0.15, 0.2) is 12.3 Å². The van der Waals surface area contributed by atoms with Gasteiger partial charge >= 0.3 is 0 Å². The van der Waals surface area contributed by atoms with Gasteiger partial charge in [0.15, 0.2) is 11.6 Å². The Kier molecular flexibility index (Phi) is 3.68. The van der Waals surface area contributed by atoms with Crippen LogP contribution in [0.2, 0.25) is 0 Å². The summed E-state index contributed by atoms with van der Waals surface area (Å²) in [6.07, 6.45) is 4.80. The molecule has 8 nitrogen and oxygen atoms in total. The second-order valence-electron chi connectivity index (χ2n) is 6.32. The molecular formula is C16H21N7O. The van der Waals surface area contributed by atoms with Crippen molar-refractivity contribution in [2.75, 3.05) is 6.61 Å². The maximum absolute atomic E-state index is 9.17. The van der Waals surface area contributed by atoms with Gasteiger partial charge in [-0.1, -0.05) is 0 Å². The summed E-state index contributed by atoms with van der Waals surface area (Å²) in [6.45, 7) is 2.68. The molecule has 0 aromatic carbocycles. The van der Waals surface area contributed by atoms with E-state index in [1.165, 1.54) is 12.8 Å². The van der Waals surface area contributed by atoms with Gasteiger partial charge in [-0.05, 0) is 32.3 Å². The minimum atomic E-state index is 0.123. The zero-order valence-corrected chi connectivity index (χ0v) is 13.9. The lowest BCUT2D eigenvalue weighted by Crippen LogP contribution is -2.06. The Morgan fingerprint density at radius 3 is 2.83 bits per heavy atom. The van der Waals surface area contributed by atoms with Gasteiger partial charge in [-0.3, -0.25) is 9.78 Å². The predicted octanol–water partition coefficient (Wildman–Crippen LogP) is 1.64. The Hall–Kier alpha value is -2.48. The van der Waals surface area contributed by atoms with E-state index in [-0.39, 0.29) is 6.61 Å². The van der Waals surface area contributed by atoms with E-state index in [1.54, 1.807) is 6.20 Å². The Balaban J connectivity index is 1.77. The first kappa shape index (κ1) is 15.1. The lowest BCUT2D eigenvalue weighted by Gasteiger charge is -2.04. The normalized spacial score (nSPS) is 14.5. The highest BCUT2D eigenvalue weighted by Gasteiger charge is 2.28. The van der Waals surface area contributed by atoms with Crippen molar-refractivity contribution in [3.63, 3.8) is 0 Å². The fourth-order valence-corrected chi connectivity index (χ4v) is 2.88. The number of aliphatic hydroxyl groups excluding tert-OH is 1. The average molecular weight is 327 g/mol. The SMILES string of the molecule is Cc1[nH]ncc1-c1nc(-c2cc(C3CC3)nn2C)n(CCCO)n1. The minimum Gasteiger partial charge on any atom is -0.396 e. The monoisotopic (exact) mass is 327 g/mol. The molecule has 3 heterocycles. The molecule has 0 atom stereocenters. The molecule has 0 saturated heterocycles. The zero-order valence-electron chi connectivity index (χ0n) is 13.9. The van der Waals surface area contributed by atoms with Crippen LogP contribution in [0.1, 0.15) is 36.6 Å². The van der Waals surface area contributed by atoms with Crippen molar-refractivity contribution in [2.45, 2.75) is 38.6 Å². The van der Waals surface area contributed by atoms with Crippen LogP contribution in [0.4, 0.5) is 0 Å². The third kappa shape index (κ3) is 2.62. The van der Waals surface area contributed by atoms with Gasteiger partial charge in [-0.15, -0.1) is 0 Å². The largest absolute Gasteiger partial charge is 0.396 e. The van der Waals surface area contributed by atoms with E-state index in [0.717, 1.165) is 28.5 Å². The first-order valence-corrected chi connectivity index (χ1v) is 8.27. The first-order valence-electron chi connectivity index (χ1n) is 8.27. The summed E-state index contributed by atoms with van der Waals surface area (Å²) in [7, 11) is 1.94. The quantitative estimate of drug-likeness (QED) is 0.717. The molecule has 0 bridgehead atoms. The fraction of sp³-hybridized carbons (Fsp3) is 0.500. The second-order valence-corrected chi connectivity index (χ2v) is 6.32. The van der Waals surface area contributed by atoms with E-state index in [9.17, 15) is 0 Å². The number of aromatic amines is 1. The van der Waals surface area contributed by atoms with Crippen LogP contribution in [0.5, 0.6) is 0 Å². The highest BCUT2D eigenvalue weighted by Crippen LogP contribution is 2.40. The van der Waals surface area contributed by atoms with Gasteiger partial charge in [0.1, 0.15) is 5.69 Å². The fourth-order valence-electron chi connectivity index (χ4n) is 2.88. The Bertz CT molecular complexity index is 856. The number of H-pyrrole nitrogens is 1. The first-order chi connectivity index (χ1) is 11.7. The van der Waals surface area contributed by atoms with Crippen molar-refractivity contribution < 1.29 is 5.11 Å². The lowest BCUT2D eigenvalue weighted by atomic mass is 10.2. The minimum absolute atomic E-state index is 0.123. The number of hydrogen-bond acceptors (Lipinski definition) is 5. The van der Waals surface area contributed by atoms with Crippen LogP contribution in [-0.2, 0) is 13.6 Å². The molecule has 126 valence electrons. The number of rotatable bonds is 6. The molecule has 24 heavy (non-hydrogen) atoms. The van der Waals surface area contributed by atoms with E-state index in [2.05, 4.69) is 26.5 Å². The molecule has 0 unspecified atom stereocenters. The maximum Gasteiger partial charge on any atom is 0.185 e. The van der Waals surface area contributed by atoms with Crippen molar-refractivity contribution in [2.24, 2.45) is 7.05 Å². The summed E-state index contributed by atoms with van der Waals surface area (Å²) in [4.78, 5) is 4.74. The Labute approximate surface area is 139 Å². The van der Waals surface area contributed by atoms with Crippen LogP contribution >= 0.6 is 0 Å². The molecule has 8 heteroatoms. The van der Waals surface area contributed by atoms with Gasteiger partial charge in [-0.2, -0.15) is 15.3 Å². The van der Waals surface area contributed by atoms with E-state index in [1.807, 2.05) is 23.3 Å². The average Bonchev–Trinajstić information content (AvgIpc) is 3.02. The van der Waals surface area contributed by atoms with Crippen LogP contribution in [0.3, 0.4) is 0 Å². The molecule has 2 N–H and O–H groups in total. The second kappa shape index (κ2) is 5.86. The van der Waals surface area contributed by atoms with Crippen LogP contribution in [0, 0.1) is 6.92 Å². The number of aromatic nitrogens is 7. The van der Waals surface area contributed by atoms with Crippen molar-refractivity contribution in [1.29, 1.82) is 0 Å².